The quantitative estimate of drug-likeness (QED) is 0.289. The topological polar surface area (TPSA) is 60.4 Å². The standard InChI is InChI=1S/C26H23BrN2O4/c1-18-24(26(30)29(28-18)21-7-4-3-5-8-21)16-19-15-20(27)11-12-25(19)33-14-13-32-23-10-6-9-22(17-23)31-2/h3-12,15-17H,13-14H2,1-2H3. The summed E-state index contributed by atoms with van der Waals surface area (Å²) in [6.07, 6.45) is 1.81. The normalized spacial score (nSPS) is 14.4. The first-order valence-corrected chi connectivity index (χ1v) is 11.2. The first kappa shape index (κ1) is 22.6. The number of methoxy groups -OCH3 is 1. The lowest BCUT2D eigenvalue weighted by Crippen LogP contribution is -2.21. The highest BCUT2D eigenvalue weighted by molar-refractivity contribution is 9.10. The van der Waals surface area contributed by atoms with Gasteiger partial charge in [0.1, 0.15) is 30.5 Å². The van der Waals surface area contributed by atoms with Crippen LogP contribution in [-0.2, 0) is 4.79 Å². The van der Waals surface area contributed by atoms with Crippen LogP contribution in [0.15, 0.2) is 87.9 Å². The second-order valence-electron chi connectivity index (χ2n) is 7.25. The van der Waals surface area contributed by atoms with Crippen LogP contribution >= 0.6 is 15.9 Å². The molecule has 3 aromatic rings. The minimum absolute atomic E-state index is 0.175. The SMILES string of the molecule is COc1cccc(OCCOc2ccc(Br)cc2C=C2C(=O)N(c3ccccc3)N=C2C)c1. The molecule has 4 rings (SSSR count). The predicted octanol–water partition coefficient (Wildman–Crippen LogP) is 5.72. The van der Waals surface area contributed by atoms with Gasteiger partial charge in [0.25, 0.3) is 5.91 Å². The Hall–Kier alpha value is -3.58. The smallest absolute Gasteiger partial charge is 0.280 e. The molecule has 1 aliphatic rings. The Balaban J connectivity index is 1.47. The van der Waals surface area contributed by atoms with Crippen molar-refractivity contribution >= 4 is 39.3 Å². The number of ether oxygens (including phenoxy) is 3. The number of halogens is 1. The summed E-state index contributed by atoms with van der Waals surface area (Å²) in [5.74, 6) is 1.92. The zero-order chi connectivity index (χ0) is 23.2. The molecule has 7 heteroatoms. The number of hydrazone groups is 1. The lowest BCUT2D eigenvalue weighted by Gasteiger charge is -2.13. The molecule has 0 atom stereocenters. The van der Waals surface area contributed by atoms with Crippen LogP contribution in [-0.4, -0.2) is 31.9 Å². The van der Waals surface area contributed by atoms with E-state index in [4.69, 9.17) is 14.2 Å². The number of hydrogen-bond acceptors (Lipinski definition) is 5. The highest BCUT2D eigenvalue weighted by atomic mass is 79.9. The summed E-state index contributed by atoms with van der Waals surface area (Å²) in [7, 11) is 1.62. The molecule has 168 valence electrons. The van der Waals surface area contributed by atoms with Crippen LogP contribution in [0, 0.1) is 0 Å². The first-order chi connectivity index (χ1) is 16.0. The number of anilines is 1. The summed E-state index contributed by atoms with van der Waals surface area (Å²) in [5, 5.41) is 5.86. The average molecular weight is 507 g/mol. The minimum atomic E-state index is -0.175. The molecule has 1 aliphatic heterocycles. The molecule has 6 nitrogen and oxygen atoms in total. The molecule has 0 fully saturated rings. The molecule has 0 N–H and O–H groups in total. The molecular weight excluding hydrogens is 484 g/mol. The molecular formula is C26H23BrN2O4. The van der Waals surface area contributed by atoms with Crippen molar-refractivity contribution in [1.82, 2.24) is 0 Å². The van der Waals surface area contributed by atoms with Gasteiger partial charge in [-0.25, -0.2) is 0 Å². The van der Waals surface area contributed by atoms with Crippen molar-refractivity contribution in [2.75, 3.05) is 25.3 Å². The maximum absolute atomic E-state index is 13.0. The van der Waals surface area contributed by atoms with Gasteiger partial charge in [0, 0.05) is 16.1 Å². The number of carbonyl (C=O) groups is 1. The van der Waals surface area contributed by atoms with Crippen LogP contribution in [0.3, 0.4) is 0 Å². The zero-order valence-corrected chi connectivity index (χ0v) is 19.9. The number of nitrogens with zero attached hydrogens (tertiary/aromatic N) is 2. The number of para-hydroxylation sites is 1. The summed E-state index contributed by atoms with van der Waals surface area (Å²) in [6, 6.07) is 22.5. The summed E-state index contributed by atoms with van der Waals surface area (Å²) in [5.41, 5.74) is 2.68. The van der Waals surface area contributed by atoms with Crippen molar-refractivity contribution in [2.24, 2.45) is 5.10 Å². The van der Waals surface area contributed by atoms with E-state index in [0.717, 1.165) is 21.5 Å². The van der Waals surface area contributed by atoms with Crippen LogP contribution in [0.1, 0.15) is 12.5 Å². The van der Waals surface area contributed by atoms with Crippen molar-refractivity contribution in [3.8, 4) is 17.2 Å². The molecule has 0 aliphatic carbocycles. The van der Waals surface area contributed by atoms with Gasteiger partial charge in [0.05, 0.1) is 24.1 Å². The molecule has 1 heterocycles. The number of hydrogen-bond donors (Lipinski definition) is 0. The van der Waals surface area contributed by atoms with E-state index < -0.39 is 0 Å². The highest BCUT2D eigenvalue weighted by Gasteiger charge is 2.28. The fourth-order valence-electron chi connectivity index (χ4n) is 3.35. The largest absolute Gasteiger partial charge is 0.497 e. The number of carbonyl (C=O) groups excluding carboxylic acids is 1. The Labute approximate surface area is 201 Å². The molecule has 3 aromatic carbocycles. The van der Waals surface area contributed by atoms with Gasteiger partial charge in [-0.15, -0.1) is 0 Å². The number of amides is 1. The van der Waals surface area contributed by atoms with Gasteiger partial charge in [0.15, 0.2) is 0 Å². The lowest BCUT2D eigenvalue weighted by atomic mass is 10.1. The molecule has 0 saturated carbocycles. The van der Waals surface area contributed by atoms with Crippen molar-refractivity contribution in [2.45, 2.75) is 6.92 Å². The van der Waals surface area contributed by atoms with Gasteiger partial charge in [0.2, 0.25) is 0 Å². The molecule has 0 bridgehead atoms. The van der Waals surface area contributed by atoms with Gasteiger partial charge in [-0.2, -0.15) is 10.1 Å². The average Bonchev–Trinajstić information content (AvgIpc) is 3.12. The molecule has 0 saturated heterocycles. The molecule has 0 aromatic heterocycles. The Morgan fingerprint density at radius 3 is 2.48 bits per heavy atom. The lowest BCUT2D eigenvalue weighted by molar-refractivity contribution is -0.114. The summed E-state index contributed by atoms with van der Waals surface area (Å²) in [6.45, 7) is 2.53. The van der Waals surface area contributed by atoms with Crippen LogP contribution in [0.4, 0.5) is 5.69 Å². The summed E-state index contributed by atoms with van der Waals surface area (Å²) < 4.78 is 17.8. The van der Waals surface area contributed by atoms with Crippen LogP contribution < -0.4 is 19.2 Å². The van der Waals surface area contributed by atoms with Crippen LogP contribution in [0.2, 0.25) is 0 Å². The van der Waals surface area contributed by atoms with Gasteiger partial charge in [-0.05, 0) is 55.5 Å². The fraction of sp³-hybridized carbons (Fsp3) is 0.154. The monoisotopic (exact) mass is 506 g/mol. The van der Waals surface area contributed by atoms with E-state index in [1.54, 1.807) is 7.11 Å². The summed E-state index contributed by atoms with van der Waals surface area (Å²) in [4.78, 5) is 13.0. The van der Waals surface area contributed by atoms with Crippen molar-refractivity contribution in [1.29, 1.82) is 0 Å². The first-order valence-electron chi connectivity index (χ1n) is 10.4. The molecule has 1 amide bonds. The van der Waals surface area contributed by atoms with E-state index in [9.17, 15) is 4.79 Å². The number of rotatable bonds is 8. The minimum Gasteiger partial charge on any atom is -0.497 e. The molecule has 0 spiro atoms. The van der Waals surface area contributed by atoms with E-state index in [1.807, 2.05) is 85.8 Å². The van der Waals surface area contributed by atoms with Gasteiger partial charge >= 0.3 is 0 Å². The second-order valence-corrected chi connectivity index (χ2v) is 8.17. The third kappa shape index (κ3) is 5.43. The third-order valence-electron chi connectivity index (χ3n) is 4.99. The molecule has 0 radical (unpaired) electrons. The fourth-order valence-corrected chi connectivity index (χ4v) is 3.73. The van der Waals surface area contributed by atoms with Crippen molar-refractivity contribution < 1.29 is 19.0 Å². The Morgan fingerprint density at radius 2 is 1.70 bits per heavy atom. The molecule has 33 heavy (non-hydrogen) atoms. The maximum Gasteiger partial charge on any atom is 0.280 e. The predicted molar refractivity (Wildman–Crippen MR) is 133 cm³/mol. The Bertz CT molecular complexity index is 1210. The van der Waals surface area contributed by atoms with Crippen LogP contribution in [0.5, 0.6) is 17.2 Å². The van der Waals surface area contributed by atoms with E-state index >= 15 is 0 Å². The summed E-state index contributed by atoms with van der Waals surface area (Å²) >= 11 is 3.50. The second kappa shape index (κ2) is 10.4. The maximum atomic E-state index is 13.0. The van der Waals surface area contributed by atoms with E-state index in [0.29, 0.717) is 36.0 Å². The zero-order valence-electron chi connectivity index (χ0n) is 18.3. The van der Waals surface area contributed by atoms with Crippen molar-refractivity contribution in [3.05, 3.63) is 88.4 Å². The van der Waals surface area contributed by atoms with Gasteiger partial charge in [-0.3, -0.25) is 4.79 Å². The van der Waals surface area contributed by atoms with Gasteiger partial charge < -0.3 is 14.2 Å². The van der Waals surface area contributed by atoms with E-state index in [-0.39, 0.29) is 5.91 Å². The van der Waals surface area contributed by atoms with Gasteiger partial charge in [-0.1, -0.05) is 40.2 Å². The van der Waals surface area contributed by atoms with E-state index in [2.05, 4.69) is 21.0 Å². The third-order valence-corrected chi connectivity index (χ3v) is 5.48. The highest BCUT2D eigenvalue weighted by Crippen LogP contribution is 2.29. The number of benzene rings is 3. The Morgan fingerprint density at radius 1 is 0.939 bits per heavy atom. The van der Waals surface area contributed by atoms with Crippen LogP contribution in [0.25, 0.3) is 6.08 Å². The molecule has 0 unspecified atom stereocenters. The Kier molecular flexibility index (Phi) is 7.10. The van der Waals surface area contributed by atoms with Crippen molar-refractivity contribution in [3.63, 3.8) is 0 Å². The van der Waals surface area contributed by atoms with E-state index in [1.165, 1.54) is 5.01 Å².